The van der Waals surface area contributed by atoms with Crippen LogP contribution in [-0.4, -0.2) is 41.2 Å². The minimum atomic E-state index is -0.243. The monoisotopic (exact) mass is 472 g/mol. The van der Waals surface area contributed by atoms with Crippen LogP contribution in [0.1, 0.15) is 52.0 Å². The van der Waals surface area contributed by atoms with Gasteiger partial charge in [-0.25, -0.2) is 4.98 Å². The Morgan fingerprint density at radius 2 is 1.97 bits per heavy atom. The summed E-state index contributed by atoms with van der Waals surface area (Å²) < 4.78 is 11.0. The van der Waals surface area contributed by atoms with Crippen molar-refractivity contribution in [1.82, 2.24) is 15.0 Å². The van der Waals surface area contributed by atoms with Crippen molar-refractivity contribution in [3.05, 3.63) is 82.7 Å². The predicted octanol–water partition coefficient (Wildman–Crippen LogP) is 3.75. The second kappa shape index (κ2) is 10.3. The molecule has 1 aromatic heterocycles. The van der Waals surface area contributed by atoms with Gasteiger partial charge in [-0.1, -0.05) is 31.2 Å². The molecule has 0 fully saturated rings. The molecule has 180 valence electrons. The van der Waals surface area contributed by atoms with E-state index in [0.717, 1.165) is 17.5 Å². The van der Waals surface area contributed by atoms with Crippen LogP contribution in [0.4, 0.5) is 11.8 Å². The molecular formula is C26H28N6O3. The van der Waals surface area contributed by atoms with Gasteiger partial charge < -0.3 is 20.9 Å². The number of methoxy groups -OCH3 is 2. The maximum atomic E-state index is 13.3. The highest BCUT2D eigenvalue weighted by Crippen LogP contribution is 2.35. The minimum Gasteiger partial charge on any atom is -0.493 e. The molecule has 1 atom stereocenters. The SMILES string of the molecule is CCC1c2ccccc2C=NN1/C=C/C(=O)c1cc(Cc2cnc(N)nc2N)cc(OC)c1OC. The highest BCUT2D eigenvalue weighted by molar-refractivity contribution is 6.07. The number of hydrogen-bond donors (Lipinski definition) is 2. The van der Waals surface area contributed by atoms with Crippen molar-refractivity contribution in [3.8, 4) is 11.5 Å². The molecule has 2 aromatic carbocycles. The van der Waals surface area contributed by atoms with Crippen molar-refractivity contribution in [1.29, 1.82) is 0 Å². The number of benzene rings is 2. The summed E-state index contributed by atoms with van der Waals surface area (Å²) in [4.78, 5) is 21.3. The quantitative estimate of drug-likeness (QED) is 0.375. The molecule has 0 radical (unpaired) electrons. The van der Waals surface area contributed by atoms with Crippen molar-refractivity contribution < 1.29 is 14.3 Å². The molecule has 0 aliphatic carbocycles. The molecule has 35 heavy (non-hydrogen) atoms. The largest absolute Gasteiger partial charge is 0.493 e. The second-order valence-electron chi connectivity index (χ2n) is 8.05. The summed E-state index contributed by atoms with van der Waals surface area (Å²) in [5.41, 5.74) is 15.7. The Kier molecular flexibility index (Phi) is 6.96. The third-order valence-electron chi connectivity index (χ3n) is 5.89. The maximum absolute atomic E-state index is 13.3. The van der Waals surface area contributed by atoms with E-state index in [9.17, 15) is 4.79 Å². The lowest BCUT2D eigenvalue weighted by Crippen LogP contribution is -2.23. The topological polar surface area (TPSA) is 129 Å². The van der Waals surface area contributed by atoms with Crippen molar-refractivity contribution >= 4 is 23.8 Å². The van der Waals surface area contributed by atoms with E-state index in [1.807, 2.05) is 18.2 Å². The van der Waals surface area contributed by atoms with Crippen molar-refractivity contribution in [2.75, 3.05) is 25.7 Å². The molecule has 0 saturated carbocycles. The first-order valence-corrected chi connectivity index (χ1v) is 11.2. The molecular weight excluding hydrogens is 444 g/mol. The van der Waals surface area contributed by atoms with Crippen LogP contribution in [0.25, 0.3) is 0 Å². The number of hydrazone groups is 1. The Morgan fingerprint density at radius 1 is 1.17 bits per heavy atom. The number of carbonyl (C=O) groups is 1. The molecule has 1 aliphatic rings. The Balaban J connectivity index is 1.64. The number of nitrogens with zero attached hydrogens (tertiary/aromatic N) is 4. The number of allylic oxidation sites excluding steroid dienone is 1. The van der Waals surface area contributed by atoms with Crippen LogP contribution in [0.15, 0.2) is 60.0 Å². The van der Waals surface area contributed by atoms with Crippen LogP contribution >= 0.6 is 0 Å². The minimum absolute atomic E-state index is 0.0384. The van der Waals surface area contributed by atoms with Gasteiger partial charge in [-0.15, -0.1) is 0 Å². The fourth-order valence-corrected chi connectivity index (χ4v) is 4.16. The molecule has 9 nitrogen and oxygen atoms in total. The lowest BCUT2D eigenvalue weighted by atomic mass is 9.97. The number of rotatable bonds is 8. The predicted molar refractivity (Wildman–Crippen MR) is 136 cm³/mol. The number of aromatic nitrogens is 2. The van der Waals surface area contributed by atoms with E-state index < -0.39 is 0 Å². The molecule has 0 bridgehead atoms. The summed E-state index contributed by atoms with van der Waals surface area (Å²) in [7, 11) is 3.03. The molecule has 1 aliphatic heterocycles. The molecule has 0 amide bonds. The molecule has 0 saturated heterocycles. The van der Waals surface area contributed by atoms with E-state index in [0.29, 0.717) is 29.0 Å². The van der Waals surface area contributed by atoms with E-state index in [4.69, 9.17) is 20.9 Å². The van der Waals surface area contributed by atoms with Gasteiger partial charge in [-0.3, -0.25) is 9.80 Å². The summed E-state index contributed by atoms with van der Waals surface area (Å²) in [6, 6.07) is 11.7. The Bertz CT molecular complexity index is 1300. The molecule has 0 spiro atoms. The number of nitrogens with two attached hydrogens (primary N) is 2. The van der Waals surface area contributed by atoms with Crippen LogP contribution in [0.5, 0.6) is 11.5 Å². The number of carbonyl (C=O) groups excluding carboxylic acids is 1. The summed E-state index contributed by atoms with van der Waals surface area (Å²) >= 11 is 0. The average Bonchev–Trinajstić information content (AvgIpc) is 2.87. The molecule has 4 rings (SSSR count). The van der Waals surface area contributed by atoms with Crippen LogP contribution < -0.4 is 20.9 Å². The Hall–Kier alpha value is -4.40. The first-order chi connectivity index (χ1) is 16.9. The summed E-state index contributed by atoms with van der Waals surface area (Å²) in [5, 5.41) is 6.34. The van der Waals surface area contributed by atoms with Gasteiger partial charge in [0.2, 0.25) is 5.95 Å². The normalized spacial score (nSPS) is 14.7. The van der Waals surface area contributed by atoms with Gasteiger partial charge in [-0.2, -0.15) is 10.1 Å². The van der Waals surface area contributed by atoms with Gasteiger partial charge in [0.15, 0.2) is 17.3 Å². The zero-order valence-corrected chi connectivity index (χ0v) is 19.9. The lowest BCUT2D eigenvalue weighted by Gasteiger charge is -2.30. The maximum Gasteiger partial charge on any atom is 0.221 e. The standard InChI is InChI=1S/C26H28N6O3/c1-4-21-19-8-6-5-7-17(19)15-30-32(21)10-9-22(33)20-12-16(13-23(34-2)24(20)35-3)11-18-14-29-26(28)31-25(18)27/h5-10,12-15,21H,4,11H2,1-3H3,(H4,27,28,29,31)/b10-9+. The van der Waals surface area contributed by atoms with Gasteiger partial charge in [0.1, 0.15) is 5.82 Å². The van der Waals surface area contributed by atoms with Crippen LogP contribution in [0.3, 0.4) is 0 Å². The summed E-state index contributed by atoms with van der Waals surface area (Å²) in [6.45, 7) is 2.09. The lowest BCUT2D eigenvalue weighted by molar-refractivity contribution is 0.104. The second-order valence-corrected chi connectivity index (χ2v) is 8.05. The zero-order valence-electron chi connectivity index (χ0n) is 19.9. The molecule has 9 heteroatoms. The van der Waals surface area contributed by atoms with Crippen molar-refractivity contribution in [2.24, 2.45) is 5.10 Å². The highest BCUT2D eigenvalue weighted by Gasteiger charge is 2.23. The number of ether oxygens (including phenoxy) is 2. The zero-order chi connectivity index (χ0) is 24.9. The summed E-state index contributed by atoms with van der Waals surface area (Å²) in [6.07, 6.45) is 7.81. The fraction of sp³-hybridized carbons (Fsp3) is 0.231. The molecule has 3 aromatic rings. The van der Waals surface area contributed by atoms with Crippen molar-refractivity contribution in [3.63, 3.8) is 0 Å². The van der Waals surface area contributed by atoms with E-state index in [2.05, 4.69) is 28.1 Å². The van der Waals surface area contributed by atoms with E-state index in [1.165, 1.54) is 25.9 Å². The van der Waals surface area contributed by atoms with Gasteiger partial charge in [0, 0.05) is 30.5 Å². The van der Waals surface area contributed by atoms with Crippen LogP contribution in [0.2, 0.25) is 0 Å². The summed E-state index contributed by atoms with van der Waals surface area (Å²) in [5.74, 6) is 0.939. The number of ketones is 1. The van der Waals surface area contributed by atoms with Gasteiger partial charge >= 0.3 is 0 Å². The van der Waals surface area contributed by atoms with Crippen LogP contribution in [0, 0.1) is 0 Å². The fourth-order valence-electron chi connectivity index (χ4n) is 4.16. The number of fused-ring (bicyclic) bond motifs is 1. The third-order valence-corrected chi connectivity index (χ3v) is 5.89. The molecule has 1 unspecified atom stereocenters. The number of nitrogen functional groups attached to an aromatic ring is 2. The molecule has 2 heterocycles. The first kappa shape index (κ1) is 23.7. The first-order valence-electron chi connectivity index (χ1n) is 11.2. The smallest absolute Gasteiger partial charge is 0.221 e. The molecule has 4 N–H and O–H groups in total. The van der Waals surface area contributed by atoms with E-state index in [-0.39, 0.29) is 23.6 Å². The van der Waals surface area contributed by atoms with Crippen LogP contribution in [-0.2, 0) is 6.42 Å². The van der Waals surface area contributed by atoms with Gasteiger partial charge in [-0.05, 0) is 35.2 Å². The van der Waals surface area contributed by atoms with E-state index in [1.54, 1.807) is 35.8 Å². The Labute approximate surface area is 204 Å². The van der Waals surface area contributed by atoms with E-state index >= 15 is 0 Å². The Morgan fingerprint density at radius 3 is 2.69 bits per heavy atom. The van der Waals surface area contributed by atoms with Gasteiger partial charge in [0.05, 0.1) is 32.0 Å². The van der Waals surface area contributed by atoms with Crippen molar-refractivity contribution in [2.45, 2.75) is 25.8 Å². The third kappa shape index (κ3) is 4.93. The average molecular weight is 473 g/mol. The highest BCUT2D eigenvalue weighted by atomic mass is 16.5. The number of hydrogen-bond acceptors (Lipinski definition) is 9. The number of anilines is 2. The van der Waals surface area contributed by atoms with Gasteiger partial charge in [0.25, 0.3) is 0 Å².